The van der Waals surface area contributed by atoms with Crippen LogP contribution in [0.3, 0.4) is 0 Å². The number of halogens is 1. The summed E-state index contributed by atoms with van der Waals surface area (Å²) in [4.78, 5) is 11.8. The van der Waals surface area contributed by atoms with Crippen LogP contribution < -0.4 is 0 Å². The lowest BCUT2D eigenvalue weighted by Gasteiger charge is -2.00. The fourth-order valence-electron chi connectivity index (χ4n) is 1.97. The monoisotopic (exact) mass is 266 g/mol. The molecule has 3 rings (SSSR count). The molecule has 1 aliphatic heterocycles. The molecule has 0 aliphatic carbocycles. The molecule has 0 amide bonds. The largest absolute Gasteiger partial charge is 0.422 e. The van der Waals surface area contributed by atoms with Crippen LogP contribution in [0.2, 0.25) is 0 Å². The van der Waals surface area contributed by atoms with Crippen molar-refractivity contribution in [3.05, 3.63) is 83.2 Å². The fourth-order valence-corrected chi connectivity index (χ4v) is 1.97. The summed E-state index contributed by atoms with van der Waals surface area (Å²) in [6.45, 7) is 0. The van der Waals surface area contributed by atoms with E-state index in [2.05, 4.69) is 0 Å². The highest BCUT2D eigenvalue weighted by atomic mass is 19.1. The van der Waals surface area contributed by atoms with Crippen molar-refractivity contribution in [1.82, 2.24) is 0 Å². The highest BCUT2D eigenvalue weighted by Crippen LogP contribution is 2.27. The first-order valence-corrected chi connectivity index (χ1v) is 6.19. The smallest absolute Gasteiger partial charge is 0.343 e. The molecule has 0 fully saturated rings. The second kappa shape index (κ2) is 5.13. The van der Waals surface area contributed by atoms with E-state index in [-0.39, 0.29) is 5.82 Å². The van der Waals surface area contributed by atoms with Gasteiger partial charge in [-0.2, -0.15) is 0 Å². The summed E-state index contributed by atoms with van der Waals surface area (Å²) in [6, 6.07) is 15.4. The van der Waals surface area contributed by atoms with Gasteiger partial charge in [-0.1, -0.05) is 30.3 Å². The number of benzene rings is 2. The Bertz CT molecular complexity index is 698. The predicted octanol–water partition coefficient (Wildman–Crippen LogP) is 3.81. The maximum Gasteiger partial charge on any atom is 0.343 e. The molecular formula is C17H11FO2. The molecule has 0 unspecified atom stereocenters. The van der Waals surface area contributed by atoms with E-state index in [4.69, 9.17) is 4.74 Å². The van der Waals surface area contributed by atoms with E-state index in [0.29, 0.717) is 16.9 Å². The van der Waals surface area contributed by atoms with Gasteiger partial charge in [-0.3, -0.25) is 0 Å². The molecule has 0 saturated heterocycles. The van der Waals surface area contributed by atoms with Crippen molar-refractivity contribution in [2.24, 2.45) is 0 Å². The average Bonchev–Trinajstić information content (AvgIpc) is 2.82. The lowest BCUT2D eigenvalue weighted by Crippen LogP contribution is -1.97. The molecule has 0 aromatic heterocycles. The number of carbonyl (C=O) groups is 1. The molecule has 2 aromatic carbocycles. The number of carbonyl (C=O) groups excluding carboxylic acids is 1. The molecule has 1 aliphatic rings. The maximum absolute atomic E-state index is 12.9. The number of ether oxygens (including phenoxy) is 1. The minimum atomic E-state index is -0.395. The van der Waals surface area contributed by atoms with Crippen LogP contribution in [0.25, 0.3) is 11.8 Å². The normalized spacial score (nSPS) is 16.1. The van der Waals surface area contributed by atoms with Gasteiger partial charge in [0.25, 0.3) is 0 Å². The molecule has 1 heterocycles. The predicted molar refractivity (Wildman–Crippen MR) is 74.9 cm³/mol. The lowest BCUT2D eigenvalue weighted by atomic mass is 10.1. The number of cyclic esters (lactones) is 1. The Morgan fingerprint density at radius 2 is 1.65 bits per heavy atom. The van der Waals surface area contributed by atoms with Gasteiger partial charge in [-0.05, 0) is 42.0 Å². The lowest BCUT2D eigenvalue weighted by molar-refractivity contribution is -0.130. The summed E-state index contributed by atoms with van der Waals surface area (Å²) < 4.78 is 18.1. The zero-order valence-corrected chi connectivity index (χ0v) is 10.5. The van der Waals surface area contributed by atoms with Gasteiger partial charge in [0.2, 0.25) is 0 Å². The molecule has 0 saturated carbocycles. The van der Waals surface area contributed by atoms with Crippen molar-refractivity contribution < 1.29 is 13.9 Å². The van der Waals surface area contributed by atoms with Gasteiger partial charge in [0.05, 0.1) is 5.57 Å². The number of esters is 1. The zero-order valence-electron chi connectivity index (χ0n) is 10.5. The van der Waals surface area contributed by atoms with Crippen molar-refractivity contribution in [3.8, 4) is 0 Å². The maximum atomic E-state index is 12.9. The quantitative estimate of drug-likeness (QED) is 0.610. The van der Waals surface area contributed by atoms with Crippen molar-refractivity contribution in [3.63, 3.8) is 0 Å². The van der Waals surface area contributed by atoms with Gasteiger partial charge in [0.1, 0.15) is 11.6 Å². The van der Waals surface area contributed by atoms with E-state index >= 15 is 0 Å². The summed E-state index contributed by atoms with van der Waals surface area (Å²) in [5, 5.41) is 0. The minimum absolute atomic E-state index is 0.321. The molecule has 2 nitrogen and oxygen atoms in total. The summed E-state index contributed by atoms with van der Waals surface area (Å²) in [7, 11) is 0. The Kier molecular flexibility index (Phi) is 3.17. The van der Waals surface area contributed by atoms with Gasteiger partial charge in [-0.15, -0.1) is 0 Å². The molecular weight excluding hydrogens is 255 g/mol. The molecule has 0 N–H and O–H groups in total. The van der Waals surface area contributed by atoms with Crippen LogP contribution in [-0.4, -0.2) is 5.97 Å². The molecule has 2 aromatic rings. The van der Waals surface area contributed by atoms with Gasteiger partial charge in [0.15, 0.2) is 0 Å². The second-order valence-electron chi connectivity index (χ2n) is 4.42. The topological polar surface area (TPSA) is 26.3 Å². The van der Waals surface area contributed by atoms with Gasteiger partial charge in [-0.25, -0.2) is 9.18 Å². The third-order valence-corrected chi connectivity index (χ3v) is 2.98. The first kappa shape index (κ1) is 12.4. The first-order chi connectivity index (χ1) is 9.72. The number of hydrogen-bond acceptors (Lipinski definition) is 2. The van der Waals surface area contributed by atoms with E-state index in [1.807, 2.05) is 30.3 Å². The van der Waals surface area contributed by atoms with Crippen LogP contribution in [0, 0.1) is 5.82 Å². The summed E-state index contributed by atoms with van der Waals surface area (Å²) >= 11 is 0. The first-order valence-electron chi connectivity index (χ1n) is 6.19. The van der Waals surface area contributed by atoms with Gasteiger partial charge < -0.3 is 4.74 Å². The minimum Gasteiger partial charge on any atom is -0.422 e. The highest BCUT2D eigenvalue weighted by molar-refractivity contribution is 6.05. The number of rotatable bonds is 2. The fraction of sp³-hybridized carbons (Fsp3) is 0. The van der Waals surface area contributed by atoms with Crippen LogP contribution in [0.15, 0.2) is 66.2 Å². The standard InChI is InChI=1S/C17H11FO2/c18-15-8-6-13(7-9-15)16-11-14(17(19)20-16)10-12-4-2-1-3-5-12/h1-11H/b14-10-. The van der Waals surface area contributed by atoms with E-state index in [9.17, 15) is 9.18 Å². The van der Waals surface area contributed by atoms with Crippen molar-refractivity contribution >= 4 is 17.8 Å². The third kappa shape index (κ3) is 2.52. The Morgan fingerprint density at radius 3 is 2.35 bits per heavy atom. The zero-order chi connectivity index (χ0) is 13.9. The Balaban J connectivity index is 1.93. The SMILES string of the molecule is O=C1OC(c2ccc(F)cc2)=C/C1=C/c1ccccc1. The van der Waals surface area contributed by atoms with Crippen LogP contribution in [-0.2, 0) is 9.53 Å². The molecule has 0 radical (unpaired) electrons. The van der Waals surface area contributed by atoms with E-state index < -0.39 is 5.97 Å². The van der Waals surface area contributed by atoms with Crippen LogP contribution in [0.5, 0.6) is 0 Å². The Labute approximate surface area is 115 Å². The van der Waals surface area contributed by atoms with Crippen LogP contribution >= 0.6 is 0 Å². The van der Waals surface area contributed by atoms with Crippen LogP contribution in [0.4, 0.5) is 4.39 Å². The third-order valence-electron chi connectivity index (χ3n) is 2.98. The second-order valence-corrected chi connectivity index (χ2v) is 4.42. The molecule has 3 heteroatoms. The average molecular weight is 266 g/mol. The molecule has 0 spiro atoms. The van der Waals surface area contributed by atoms with Gasteiger partial charge >= 0.3 is 5.97 Å². The number of hydrogen-bond donors (Lipinski definition) is 0. The van der Waals surface area contributed by atoms with Crippen molar-refractivity contribution in [1.29, 1.82) is 0 Å². The van der Waals surface area contributed by atoms with Crippen molar-refractivity contribution in [2.45, 2.75) is 0 Å². The van der Waals surface area contributed by atoms with Crippen molar-refractivity contribution in [2.75, 3.05) is 0 Å². The Morgan fingerprint density at radius 1 is 0.950 bits per heavy atom. The van der Waals surface area contributed by atoms with E-state index in [1.54, 1.807) is 24.3 Å². The van der Waals surface area contributed by atoms with E-state index in [1.165, 1.54) is 12.1 Å². The summed E-state index contributed by atoms with van der Waals surface area (Å²) in [6.07, 6.45) is 3.43. The molecule has 98 valence electrons. The van der Waals surface area contributed by atoms with E-state index in [0.717, 1.165) is 5.56 Å². The van der Waals surface area contributed by atoms with Crippen LogP contribution in [0.1, 0.15) is 11.1 Å². The summed E-state index contributed by atoms with van der Waals surface area (Å²) in [5.41, 5.74) is 2.09. The Hall–Kier alpha value is -2.68. The molecule has 0 atom stereocenters. The summed E-state index contributed by atoms with van der Waals surface area (Å²) in [5.74, 6) is -0.274. The molecule has 20 heavy (non-hydrogen) atoms. The van der Waals surface area contributed by atoms with Gasteiger partial charge in [0, 0.05) is 5.56 Å². The molecule has 0 bridgehead atoms. The highest BCUT2D eigenvalue weighted by Gasteiger charge is 2.21.